The predicted octanol–water partition coefficient (Wildman–Crippen LogP) is 2.79. The number of allylic oxidation sites excluding steroid dienone is 1. The van der Waals surface area contributed by atoms with Crippen LogP contribution in [-0.2, 0) is 6.54 Å². The summed E-state index contributed by atoms with van der Waals surface area (Å²) in [6.07, 6.45) is 2.29. The van der Waals surface area contributed by atoms with Crippen molar-refractivity contribution in [2.75, 3.05) is 19.1 Å². The molecule has 2 rings (SSSR count). The van der Waals surface area contributed by atoms with Crippen LogP contribution in [0.1, 0.15) is 31.9 Å². The molecular formula is C15H22N2O. The van der Waals surface area contributed by atoms with Crippen LogP contribution >= 0.6 is 0 Å². The molecule has 1 aliphatic heterocycles. The maximum Gasteiger partial charge on any atom is 0.125 e. The van der Waals surface area contributed by atoms with Crippen molar-refractivity contribution in [3.8, 4) is 5.75 Å². The van der Waals surface area contributed by atoms with E-state index in [1.54, 1.807) is 7.11 Å². The number of benzene rings is 1. The van der Waals surface area contributed by atoms with Crippen molar-refractivity contribution in [3.63, 3.8) is 0 Å². The highest BCUT2D eigenvalue weighted by molar-refractivity contribution is 5.82. The lowest BCUT2D eigenvalue weighted by Gasteiger charge is -2.41. The summed E-state index contributed by atoms with van der Waals surface area (Å²) < 4.78 is 5.43. The summed E-state index contributed by atoms with van der Waals surface area (Å²) in [5, 5.41) is 0. The molecule has 1 aromatic rings. The van der Waals surface area contributed by atoms with Gasteiger partial charge in [-0.1, -0.05) is 6.08 Å². The molecule has 18 heavy (non-hydrogen) atoms. The molecule has 0 spiro atoms. The lowest BCUT2D eigenvalue weighted by atomic mass is 9.88. The van der Waals surface area contributed by atoms with Gasteiger partial charge < -0.3 is 15.4 Å². The van der Waals surface area contributed by atoms with Gasteiger partial charge in [0.1, 0.15) is 5.75 Å². The number of fused-ring (bicyclic) bond motifs is 1. The number of rotatable bonds is 2. The molecular weight excluding hydrogens is 224 g/mol. The first kappa shape index (κ1) is 13.0. The number of anilines is 1. The van der Waals surface area contributed by atoms with E-state index in [0.717, 1.165) is 11.3 Å². The van der Waals surface area contributed by atoms with Crippen LogP contribution in [0.3, 0.4) is 0 Å². The van der Waals surface area contributed by atoms with Crippen LogP contribution in [0, 0.1) is 0 Å². The zero-order valence-corrected chi connectivity index (χ0v) is 11.9. The van der Waals surface area contributed by atoms with Gasteiger partial charge in [0.2, 0.25) is 0 Å². The third-order valence-electron chi connectivity index (χ3n) is 3.84. The second-order valence-corrected chi connectivity index (χ2v) is 5.43. The van der Waals surface area contributed by atoms with Gasteiger partial charge in [0.05, 0.1) is 12.6 Å². The largest absolute Gasteiger partial charge is 0.496 e. The minimum absolute atomic E-state index is 0.0202. The SMILES string of the molecule is COc1cc2c(cc1CN)C(C)=CC(C)(C)N2C. The number of likely N-dealkylation sites (N-methyl/N-ethyl adjacent to an activating group) is 1. The van der Waals surface area contributed by atoms with Gasteiger partial charge in [-0.2, -0.15) is 0 Å². The number of nitrogens with two attached hydrogens (primary N) is 1. The van der Waals surface area contributed by atoms with Crippen molar-refractivity contribution in [2.24, 2.45) is 5.73 Å². The van der Waals surface area contributed by atoms with E-state index in [0.29, 0.717) is 6.54 Å². The van der Waals surface area contributed by atoms with Crippen molar-refractivity contribution >= 4 is 11.3 Å². The fourth-order valence-electron chi connectivity index (χ4n) is 2.57. The minimum atomic E-state index is 0.0202. The van der Waals surface area contributed by atoms with Crippen LogP contribution in [0.2, 0.25) is 0 Å². The Morgan fingerprint density at radius 1 is 1.33 bits per heavy atom. The van der Waals surface area contributed by atoms with Gasteiger partial charge in [0, 0.05) is 36.5 Å². The molecule has 3 nitrogen and oxygen atoms in total. The number of hydrogen-bond donors (Lipinski definition) is 1. The Morgan fingerprint density at radius 3 is 2.56 bits per heavy atom. The smallest absolute Gasteiger partial charge is 0.125 e. The molecule has 0 unspecified atom stereocenters. The number of methoxy groups -OCH3 is 1. The summed E-state index contributed by atoms with van der Waals surface area (Å²) in [7, 11) is 3.81. The summed E-state index contributed by atoms with van der Waals surface area (Å²) in [6, 6.07) is 4.24. The van der Waals surface area contributed by atoms with Gasteiger partial charge in [0.15, 0.2) is 0 Å². The van der Waals surface area contributed by atoms with E-state index in [9.17, 15) is 0 Å². The molecule has 1 heterocycles. The van der Waals surface area contributed by atoms with Crippen LogP contribution < -0.4 is 15.4 Å². The Kier molecular flexibility index (Phi) is 3.11. The topological polar surface area (TPSA) is 38.5 Å². The van der Waals surface area contributed by atoms with Crippen molar-refractivity contribution in [3.05, 3.63) is 29.3 Å². The first-order valence-electron chi connectivity index (χ1n) is 6.25. The van der Waals surface area contributed by atoms with Gasteiger partial charge in [-0.3, -0.25) is 0 Å². The Bertz CT molecular complexity index is 503. The first-order valence-corrected chi connectivity index (χ1v) is 6.25. The van der Waals surface area contributed by atoms with Gasteiger partial charge >= 0.3 is 0 Å². The average Bonchev–Trinajstić information content (AvgIpc) is 2.34. The maximum atomic E-state index is 5.78. The van der Waals surface area contributed by atoms with Crippen LogP contribution in [0.4, 0.5) is 5.69 Å². The van der Waals surface area contributed by atoms with E-state index in [1.807, 2.05) is 0 Å². The molecule has 1 aromatic carbocycles. The fraction of sp³-hybridized carbons (Fsp3) is 0.467. The second-order valence-electron chi connectivity index (χ2n) is 5.43. The van der Waals surface area contributed by atoms with Crippen molar-refractivity contribution in [1.82, 2.24) is 0 Å². The highest BCUT2D eigenvalue weighted by Crippen LogP contribution is 2.41. The second kappa shape index (κ2) is 4.32. The van der Waals surface area contributed by atoms with E-state index in [-0.39, 0.29) is 5.54 Å². The van der Waals surface area contributed by atoms with Crippen LogP contribution in [0.25, 0.3) is 5.57 Å². The Morgan fingerprint density at radius 2 is 2.00 bits per heavy atom. The molecule has 2 N–H and O–H groups in total. The zero-order chi connectivity index (χ0) is 13.5. The molecule has 3 heteroatoms. The zero-order valence-electron chi connectivity index (χ0n) is 11.9. The number of nitrogens with zero attached hydrogens (tertiary/aromatic N) is 1. The monoisotopic (exact) mass is 246 g/mol. The molecule has 0 fully saturated rings. The highest BCUT2D eigenvalue weighted by Gasteiger charge is 2.29. The van der Waals surface area contributed by atoms with Crippen molar-refractivity contribution in [2.45, 2.75) is 32.9 Å². The summed E-state index contributed by atoms with van der Waals surface area (Å²) >= 11 is 0. The minimum Gasteiger partial charge on any atom is -0.496 e. The first-order chi connectivity index (χ1) is 8.40. The lowest BCUT2D eigenvalue weighted by molar-refractivity contribution is 0.409. The van der Waals surface area contributed by atoms with Crippen molar-refractivity contribution < 1.29 is 4.74 Å². The molecule has 0 bridgehead atoms. The Labute approximate surface area is 109 Å². The van der Waals surface area contributed by atoms with Gasteiger partial charge in [0.25, 0.3) is 0 Å². The summed E-state index contributed by atoms with van der Waals surface area (Å²) in [6.45, 7) is 7.07. The molecule has 0 saturated heterocycles. The standard InChI is InChI=1S/C15H22N2O/c1-10-8-15(2,3)17(4)13-7-14(18-5)11(9-16)6-12(10)13/h6-8H,9,16H2,1-5H3. The van der Waals surface area contributed by atoms with Crippen LogP contribution in [0.15, 0.2) is 18.2 Å². The third-order valence-corrected chi connectivity index (χ3v) is 3.84. The van der Waals surface area contributed by atoms with Gasteiger partial charge in [-0.05, 0) is 32.4 Å². The molecule has 0 atom stereocenters. The molecule has 0 aromatic heterocycles. The van der Waals surface area contributed by atoms with Crippen LogP contribution in [0.5, 0.6) is 5.75 Å². The maximum absolute atomic E-state index is 5.78. The van der Waals surface area contributed by atoms with Crippen LogP contribution in [-0.4, -0.2) is 19.7 Å². The lowest BCUT2D eigenvalue weighted by Crippen LogP contribution is -2.42. The highest BCUT2D eigenvalue weighted by atomic mass is 16.5. The molecule has 0 amide bonds. The quantitative estimate of drug-likeness (QED) is 0.872. The van der Waals surface area contributed by atoms with Gasteiger partial charge in [-0.25, -0.2) is 0 Å². The third kappa shape index (κ3) is 1.89. The van der Waals surface area contributed by atoms with E-state index in [4.69, 9.17) is 10.5 Å². The van der Waals surface area contributed by atoms with E-state index in [2.05, 4.69) is 50.9 Å². The van der Waals surface area contributed by atoms with E-state index in [1.165, 1.54) is 16.8 Å². The van der Waals surface area contributed by atoms with Crippen molar-refractivity contribution in [1.29, 1.82) is 0 Å². The normalized spacial score (nSPS) is 17.2. The molecule has 0 aliphatic carbocycles. The number of hydrogen-bond acceptors (Lipinski definition) is 3. The molecule has 98 valence electrons. The summed E-state index contributed by atoms with van der Waals surface area (Å²) in [4.78, 5) is 2.28. The number of ether oxygens (including phenoxy) is 1. The molecule has 1 aliphatic rings. The van der Waals surface area contributed by atoms with E-state index >= 15 is 0 Å². The Balaban J connectivity index is 2.65. The summed E-state index contributed by atoms with van der Waals surface area (Å²) in [5.74, 6) is 0.869. The molecule has 0 saturated carbocycles. The predicted molar refractivity (Wildman–Crippen MR) is 77.0 cm³/mol. The van der Waals surface area contributed by atoms with Gasteiger partial charge in [-0.15, -0.1) is 0 Å². The average molecular weight is 246 g/mol. The fourth-order valence-corrected chi connectivity index (χ4v) is 2.57. The summed E-state index contributed by atoms with van der Waals surface area (Å²) in [5.41, 5.74) is 10.6. The van der Waals surface area contributed by atoms with E-state index < -0.39 is 0 Å². The molecule has 0 radical (unpaired) electrons. The Hall–Kier alpha value is -1.48.